The minimum absolute atomic E-state index is 0.0687. The third-order valence-corrected chi connectivity index (χ3v) is 5.76. The number of likely N-dealkylation sites (tertiary alicyclic amines) is 1. The van der Waals surface area contributed by atoms with Crippen molar-refractivity contribution in [3.63, 3.8) is 0 Å². The summed E-state index contributed by atoms with van der Waals surface area (Å²) in [5, 5.41) is 3.64. The van der Waals surface area contributed by atoms with Crippen LogP contribution < -0.4 is 5.32 Å². The van der Waals surface area contributed by atoms with Gasteiger partial charge in [0.2, 0.25) is 5.91 Å². The van der Waals surface area contributed by atoms with Gasteiger partial charge in [-0.2, -0.15) is 0 Å². The highest BCUT2D eigenvalue weighted by molar-refractivity contribution is 7.20. The predicted octanol–water partition coefficient (Wildman–Crippen LogP) is 2.36. The van der Waals surface area contributed by atoms with E-state index in [1.807, 2.05) is 20.8 Å². The molecule has 7 heteroatoms. The van der Waals surface area contributed by atoms with Gasteiger partial charge in [0.05, 0.1) is 4.88 Å². The highest BCUT2D eigenvalue weighted by Gasteiger charge is 2.34. The number of carbonyl (C=O) groups excluding carboxylic acids is 2. The van der Waals surface area contributed by atoms with Gasteiger partial charge in [0.25, 0.3) is 5.91 Å². The number of aryl methyl sites for hydroxylation is 3. The second kappa shape index (κ2) is 6.47. The van der Waals surface area contributed by atoms with Crippen LogP contribution in [0.4, 0.5) is 0 Å². The van der Waals surface area contributed by atoms with Crippen LogP contribution in [-0.2, 0) is 4.79 Å². The summed E-state index contributed by atoms with van der Waals surface area (Å²) < 4.78 is 0. The smallest absolute Gasteiger partial charge is 0.264 e. The number of thiophene rings is 1. The number of carbonyl (C=O) groups is 2. The summed E-state index contributed by atoms with van der Waals surface area (Å²) in [7, 11) is 1.62. The Kier molecular flexibility index (Phi) is 4.54. The number of hydrogen-bond donors (Lipinski definition) is 1. The molecular weight excluding hydrogens is 324 g/mol. The van der Waals surface area contributed by atoms with Gasteiger partial charge in [0, 0.05) is 24.7 Å². The van der Waals surface area contributed by atoms with Crippen LogP contribution in [0.25, 0.3) is 10.2 Å². The van der Waals surface area contributed by atoms with Gasteiger partial charge in [-0.05, 0) is 45.6 Å². The molecule has 24 heavy (non-hydrogen) atoms. The van der Waals surface area contributed by atoms with E-state index in [9.17, 15) is 9.59 Å². The topological polar surface area (TPSA) is 75.2 Å². The fourth-order valence-corrected chi connectivity index (χ4v) is 4.66. The van der Waals surface area contributed by atoms with Crippen LogP contribution in [0.3, 0.4) is 0 Å². The molecule has 0 spiro atoms. The number of rotatable bonds is 2. The molecule has 6 nitrogen and oxygen atoms in total. The maximum atomic E-state index is 13.1. The largest absolute Gasteiger partial charge is 0.357 e. The van der Waals surface area contributed by atoms with Crippen LogP contribution in [-0.4, -0.2) is 46.3 Å². The molecule has 0 aromatic carbocycles. The average Bonchev–Trinajstić information content (AvgIpc) is 2.90. The third kappa shape index (κ3) is 2.77. The number of likely N-dealkylation sites (N-methyl/N-ethyl adjacent to an activating group) is 1. The molecule has 3 rings (SSSR count). The van der Waals surface area contributed by atoms with Crippen molar-refractivity contribution < 1.29 is 9.59 Å². The Balaban J connectivity index is 2.03. The first-order valence-electron chi connectivity index (χ1n) is 8.21. The van der Waals surface area contributed by atoms with Crippen molar-refractivity contribution in [2.75, 3.05) is 13.6 Å². The third-order valence-electron chi connectivity index (χ3n) is 4.59. The van der Waals surface area contributed by atoms with Crippen molar-refractivity contribution >= 4 is 33.4 Å². The predicted molar refractivity (Wildman–Crippen MR) is 94.4 cm³/mol. The summed E-state index contributed by atoms with van der Waals surface area (Å²) in [6, 6.07) is -0.380. The molecule has 1 aliphatic rings. The zero-order valence-corrected chi connectivity index (χ0v) is 15.3. The lowest BCUT2D eigenvalue weighted by Gasteiger charge is -2.34. The summed E-state index contributed by atoms with van der Waals surface area (Å²) in [4.78, 5) is 37.4. The molecule has 1 saturated heterocycles. The average molecular weight is 346 g/mol. The standard InChI is InChI=1S/C17H22N4O2S/c1-9-13-10(2)19-11(3)20-16(13)24-14(9)17(23)21-8-6-5-7-12(21)15(22)18-4/h12H,5-8H2,1-4H3,(H,18,22)/t12-/m0/s1. The molecule has 2 aromatic rings. The first-order valence-corrected chi connectivity index (χ1v) is 9.02. The maximum absolute atomic E-state index is 13.1. The second-order valence-corrected chi connectivity index (χ2v) is 7.22. The minimum atomic E-state index is -0.380. The number of fused-ring (bicyclic) bond motifs is 1. The van der Waals surface area contributed by atoms with Gasteiger partial charge in [0.1, 0.15) is 16.7 Å². The van der Waals surface area contributed by atoms with Crippen molar-refractivity contribution in [2.45, 2.75) is 46.1 Å². The van der Waals surface area contributed by atoms with Gasteiger partial charge >= 0.3 is 0 Å². The molecule has 1 aliphatic heterocycles. The van der Waals surface area contributed by atoms with Crippen LogP contribution >= 0.6 is 11.3 Å². The normalized spacial score (nSPS) is 18.0. The Labute approximate surface area is 145 Å². The Morgan fingerprint density at radius 2 is 1.96 bits per heavy atom. The van der Waals surface area contributed by atoms with Gasteiger partial charge < -0.3 is 10.2 Å². The lowest BCUT2D eigenvalue weighted by Crippen LogP contribution is -2.51. The molecule has 128 valence electrons. The summed E-state index contributed by atoms with van der Waals surface area (Å²) in [6.45, 7) is 6.36. The summed E-state index contributed by atoms with van der Waals surface area (Å²) >= 11 is 1.40. The Bertz CT molecular complexity index is 815. The van der Waals surface area contributed by atoms with Crippen molar-refractivity contribution in [1.29, 1.82) is 0 Å². The number of nitrogens with zero attached hydrogens (tertiary/aromatic N) is 3. The number of piperidine rings is 1. The van der Waals surface area contributed by atoms with Crippen molar-refractivity contribution in [3.05, 3.63) is 22.0 Å². The number of nitrogens with one attached hydrogen (secondary N) is 1. The molecule has 2 aromatic heterocycles. The first-order chi connectivity index (χ1) is 11.4. The lowest BCUT2D eigenvalue weighted by molar-refractivity contribution is -0.126. The molecule has 1 atom stereocenters. The van der Waals surface area contributed by atoms with E-state index in [0.29, 0.717) is 23.7 Å². The van der Waals surface area contributed by atoms with Crippen molar-refractivity contribution in [1.82, 2.24) is 20.2 Å². The van der Waals surface area contributed by atoms with Crippen LogP contribution in [0, 0.1) is 20.8 Å². The van der Waals surface area contributed by atoms with E-state index in [1.165, 1.54) is 11.3 Å². The van der Waals surface area contributed by atoms with Gasteiger partial charge in [-0.15, -0.1) is 11.3 Å². The van der Waals surface area contributed by atoms with Crippen LogP contribution in [0.15, 0.2) is 0 Å². The fourth-order valence-electron chi connectivity index (χ4n) is 3.42. The fraction of sp³-hybridized carbons (Fsp3) is 0.529. The quantitative estimate of drug-likeness (QED) is 0.906. The van der Waals surface area contributed by atoms with E-state index in [2.05, 4.69) is 15.3 Å². The second-order valence-electron chi connectivity index (χ2n) is 6.22. The highest BCUT2D eigenvalue weighted by atomic mass is 32.1. The Hall–Kier alpha value is -2.02. The van der Waals surface area contributed by atoms with Gasteiger partial charge in [0.15, 0.2) is 0 Å². The molecule has 0 saturated carbocycles. The van der Waals surface area contributed by atoms with Crippen molar-refractivity contribution in [3.8, 4) is 0 Å². The lowest BCUT2D eigenvalue weighted by atomic mass is 10.0. The molecule has 3 heterocycles. The summed E-state index contributed by atoms with van der Waals surface area (Å²) in [6.07, 6.45) is 2.62. The zero-order valence-electron chi connectivity index (χ0n) is 14.5. The van der Waals surface area contributed by atoms with Crippen molar-refractivity contribution in [2.24, 2.45) is 0 Å². The Morgan fingerprint density at radius 1 is 1.21 bits per heavy atom. The molecular formula is C17H22N4O2S. The van der Waals surface area contributed by atoms with Crippen LogP contribution in [0.2, 0.25) is 0 Å². The van der Waals surface area contributed by atoms with E-state index in [4.69, 9.17) is 0 Å². The SMILES string of the molecule is CNC(=O)[C@@H]1CCCCN1C(=O)c1sc2nc(C)nc(C)c2c1C. The Morgan fingerprint density at radius 3 is 2.67 bits per heavy atom. The molecule has 1 fully saturated rings. The van der Waals surface area contributed by atoms with Gasteiger partial charge in [-0.3, -0.25) is 9.59 Å². The minimum Gasteiger partial charge on any atom is -0.357 e. The van der Waals surface area contributed by atoms with Gasteiger partial charge in [-0.1, -0.05) is 0 Å². The van der Waals surface area contributed by atoms with Crippen LogP contribution in [0.1, 0.15) is 46.0 Å². The van der Waals surface area contributed by atoms with E-state index < -0.39 is 0 Å². The van der Waals surface area contributed by atoms with E-state index >= 15 is 0 Å². The van der Waals surface area contributed by atoms with E-state index in [0.717, 1.165) is 34.3 Å². The molecule has 0 unspecified atom stereocenters. The molecule has 1 N–H and O–H groups in total. The summed E-state index contributed by atoms with van der Waals surface area (Å²) in [5.41, 5.74) is 1.81. The maximum Gasteiger partial charge on any atom is 0.264 e. The number of aromatic nitrogens is 2. The van der Waals surface area contributed by atoms with E-state index in [-0.39, 0.29) is 17.9 Å². The monoisotopic (exact) mass is 346 g/mol. The highest BCUT2D eigenvalue weighted by Crippen LogP contribution is 2.33. The number of hydrogen-bond acceptors (Lipinski definition) is 5. The molecule has 0 aliphatic carbocycles. The van der Waals surface area contributed by atoms with E-state index in [1.54, 1.807) is 11.9 Å². The zero-order chi connectivity index (χ0) is 17.4. The first kappa shape index (κ1) is 16.8. The molecule has 0 bridgehead atoms. The molecule has 2 amide bonds. The molecule has 0 radical (unpaired) electrons. The summed E-state index contributed by atoms with van der Waals surface area (Å²) in [5.74, 6) is 0.552. The van der Waals surface area contributed by atoms with Gasteiger partial charge in [-0.25, -0.2) is 9.97 Å². The van der Waals surface area contributed by atoms with Crippen LogP contribution in [0.5, 0.6) is 0 Å². The number of amides is 2.